The summed E-state index contributed by atoms with van der Waals surface area (Å²) in [5, 5.41) is 9.13. The van der Waals surface area contributed by atoms with Gasteiger partial charge in [0.05, 0.1) is 17.6 Å². The molecule has 4 rings (SSSR count). The molecule has 2 aromatic carbocycles. The number of ether oxygens (including phenoxy) is 1. The number of para-hydroxylation sites is 2. The van der Waals surface area contributed by atoms with Crippen molar-refractivity contribution in [2.24, 2.45) is 5.92 Å². The Morgan fingerprint density at radius 2 is 1.96 bits per heavy atom. The minimum absolute atomic E-state index is 0.0363. The normalized spacial score (nSPS) is 16.8. The highest BCUT2D eigenvalue weighted by Gasteiger charge is 2.26. The third-order valence-electron chi connectivity index (χ3n) is 5.27. The number of carbonyl (C=O) groups is 1. The Morgan fingerprint density at radius 1 is 1.18 bits per heavy atom. The molecule has 146 valence electrons. The van der Waals surface area contributed by atoms with Gasteiger partial charge in [-0.3, -0.25) is 4.79 Å². The van der Waals surface area contributed by atoms with Crippen LogP contribution in [0.4, 0.5) is 0 Å². The van der Waals surface area contributed by atoms with Crippen molar-refractivity contribution >= 4 is 16.9 Å². The summed E-state index contributed by atoms with van der Waals surface area (Å²) >= 11 is 0. The van der Waals surface area contributed by atoms with Crippen LogP contribution in [0.3, 0.4) is 0 Å². The fourth-order valence-electron chi connectivity index (χ4n) is 3.74. The summed E-state index contributed by atoms with van der Waals surface area (Å²) in [6.45, 7) is 2.00. The van der Waals surface area contributed by atoms with Gasteiger partial charge in [-0.25, -0.2) is 4.98 Å². The molecular weight excluding hydrogens is 354 g/mol. The second kappa shape index (κ2) is 8.54. The molecule has 1 unspecified atom stereocenters. The third-order valence-corrected chi connectivity index (χ3v) is 5.27. The van der Waals surface area contributed by atoms with Crippen LogP contribution in [-0.2, 0) is 29.2 Å². The van der Waals surface area contributed by atoms with Gasteiger partial charge in [0.25, 0.3) is 0 Å². The Balaban J connectivity index is 1.22. The molecule has 1 fully saturated rings. The average molecular weight is 379 g/mol. The largest absolute Gasteiger partial charge is 0.392 e. The maximum Gasteiger partial charge on any atom is 0.248 e. The summed E-state index contributed by atoms with van der Waals surface area (Å²) in [5.41, 5.74) is 4.05. The van der Waals surface area contributed by atoms with Crippen molar-refractivity contribution in [2.45, 2.75) is 26.1 Å². The highest BCUT2D eigenvalue weighted by Crippen LogP contribution is 2.21. The van der Waals surface area contributed by atoms with Crippen molar-refractivity contribution in [2.75, 3.05) is 19.7 Å². The van der Waals surface area contributed by atoms with Crippen molar-refractivity contribution in [3.8, 4) is 0 Å². The predicted molar refractivity (Wildman–Crippen MR) is 107 cm³/mol. The van der Waals surface area contributed by atoms with E-state index in [0.29, 0.717) is 12.5 Å². The van der Waals surface area contributed by atoms with E-state index in [0.717, 1.165) is 48.4 Å². The Kier molecular flexibility index (Phi) is 5.69. The Labute approximate surface area is 164 Å². The molecule has 6 heteroatoms. The van der Waals surface area contributed by atoms with Gasteiger partial charge in [-0.2, -0.15) is 0 Å². The van der Waals surface area contributed by atoms with Gasteiger partial charge < -0.3 is 19.7 Å². The first-order valence-electron chi connectivity index (χ1n) is 9.69. The van der Waals surface area contributed by atoms with Gasteiger partial charge in [0, 0.05) is 13.1 Å². The monoisotopic (exact) mass is 379 g/mol. The molecule has 1 saturated heterocycles. The van der Waals surface area contributed by atoms with Crippen molar-refractivity contribution in [1.82, 2.24) is 14.9 Å². The number of benzene rings is 2. The van der Waals surface area contributed by atoms with Crippen LogP contribution in [0, 0.1) is 5.92 Å². The first kappa shape index (κ1) is 18.7. The van der Waals surface area contributed by atoms with Crippen molar-refractivity contribution in [3.05, 3.63) is 65.5 Å². The third kappa shape index (κ3) is 4.40. The predicted octanol–water partition coefficient (Wildman–Crippen LogP) is 2.66. The number of aliphatic hydroxyl groups is 1. The van der Waals surface area contributed by atoms with Crippen molar-refractivity contribution in [3.63, 3.8) is 0 Å². The lowest BCUT2D eigenvalue weighted by Crippen LogP contribution is -2.32. The van der Waals surface area contributed by atoms with Gasteiger partial charge in [0.1, 0.15) is 19.0 Å². The zero-order valence-electron chi connectivity index (χ0n) is 15.8. The van der Waals surface area contributed by atoms with E-state index in [1.54, 1.807) is 0 Å². The Bertz CT molecular complexity index is 903. The fourth-order valence-corrected chi connectivity index (χ4v) is 3.74. The molecule has 2 N–H and O–H groups in total. The summed E-state index contributed by atoms with van der Waals surface area (Å²) in [6, 6.07) is 15.9. The number of hydrogen-bond acceptors (Lipinski definition) is 4. The van der Waals surface area contributed by atoms with E-state index in [1.807, 2.05) is 41.3 Å². The molecule has 1 amide bonds. The summed E-state index contributed by atoms with van der Waals surface area (Å²) in [7, 11) is 0. The van der Waals surface area contributed by atoms with Crippen LogP contribution in [0.1, 0.15) is 23.4 Å². The molecule has 1 aliphatic heterocycles. The number of rotatable bonds is 7. The average Bonchev–Trinajstić information content (AvgIpc) is 3.35. The number of imidazole rings is 1. The van der Waals surface area contributed by atoms with E-state index in [-0.39, 0.29) is 19.1 Å². The molecule has 2 heterocycles. The van der Waals surface area contributed by atoms with Crippen LogP contribution in [0.2, 0.25) is 0 Å². The number of amides is 1. The van der Waals surface area contributed by atoms with E-state index in [4.69, 9.17) is 9.84 Å². The van der Waals surface area contributed by atoms with E-state index < -0.39 is 0 Å². The summed E-state index contributed by atoms with van der Waals surface area (Å²) in [4.78, 5) is 22.0. The molecule has 0 bridgehead atoms. The number of carbonyl (C=O) groups excluding carboxylic acids is 1. The van der Waals surface area contributed by atoms with Gasteiger partial charge in [0.15, 0.2) is 0 Å². The number of nitrogens with zero attached hydrogens (tertiary/aromatic N) is 2. The van der Waals surface area contributed by atoms with E-state index >= 15 is 0 Å². The maximum atomic E-state index is 12.4. The minimum atomic E-state index is 0.0363. The number of aromatic nitrogens is 2. The van der Waals surface area contributed by atoms with Crippen LogP contribution in [-0.4, -0.2) is 45.6 Å². The number of nitrogens with one attached hydrogen (secondary N) is 1. The van der Waals surface area contributed by atoms with E-state index in [9.17, 15) is 4.79 Å². The smallest absolute Gasteiger partial charge is 0.248 e. The van der Waals surface area contributed by atoms with Gasteiger partial charge >= 0.3 is 0 Å². The van der Waals surface area contributed by atoms with Gasteiger partial charge in [0.2, 0.25) is 5.91 Å². The highest BCUT2D eigenvalue weighted by atomic mass is 16.5. The maximum absolute atomic E-state index is 12.4. The lowest BCUT2D eigenvalue weighted by atomic mass is 9.98. The molecule has 0 saturated carbocycles. The molecule has 0 aliphatic carbocycles. The number of likely N-dealkylation sites (tertiary alicyclic amines) is 1. The van der Waals surface area contributed by atoms with Crippen LogP contribution in [0.5, 0.6) is 0 Å². The number of aromatic amines is 1. The minimum Gasteiger partial charge on any atom is -0.392 e. The lowest BCUT2D eigenvalue weighted by molar-refractivity contribution is -0.135. The summed E-state index contributed by atoms with van der Waals surface area (Å²) < 4.78 is 5.59. The zero-order chi connectivity index (χ0) is 19.3. The molecule has 1 aromatic heterocycles. The van der Waals surface area contributed by atoms with Gasteiger partial charge in [-0.05, 0) is 42.0 Å². The van der Waals surface area contributed by atoms with E-state index in [1.165, 1.54) is 5.56 Å². The molecule has 28 heavy (non-hydrogen) atoms. The van der Waals surface area contributed by atoms with Crippen LogP contribution in [0.25, 0.3) is 11.0 Å². The van der Waals surface area contributed by atoms with Crippen LogP contribution >= 0.6 is 0 Å². The first-order chi connectivity index (χ1) is 13.7. The Morgan fingerprint density at radius 3 is 2.75 bits per heavy atom. The first-order valence-corrected chi connectivity index (χ1v) is 9.69. The Hall–Kier alpha value is -2.70. The molecule has 6 nitrogen and oxygen atoms in total. The topological polar surface area (TPSA) is 78.5 Å². The molecule has 1 atom stereocenters. The zero-order valence-corrected chi connectivity index (χ0v) is 15.8. The van der Waals surface area contributed by atoms with Crippen LogP contribution < -0.4 is 0 Å². The van der Waals surface area contributed by atoms with E-state index in [2.05, 4.69) is 22.1 Å². The number of aliphatic hydroxyl groups excluding tert-OH is 1. The van der Waals surface area contributed by atoms with Gasteiger partial charge in [-0.1, -0.05) is 36.4 Å². The van der Waals surface area contributed by atoms with Crippen molar-refractivity contribution in [1.29, 1.82) is 0 Å². The second-order valence-electron chi connectivity index (χ2n) is 7.37. The van der Waals surface area contributed by atoms with Crippen molar-refractivity contribution < 1.29 is 14.6 Å². The molecule has 0 spiro atoms. The fraction of sp³-hybridized carbons (Fsp3) is 0.364. The number of H-pyrrole nitrogens is 1. The molecular formula is C22H25N3O3. The molecule has 0 radical (unpaired) electrons. The SMILES string of the molecule is O=C(COCc1nc2ccccc2[nH]1)N1CCC(Cc2ccc(CO)cc2)C1. The molecule has 3 aromatic rings. The number of hydrogen-bond donors (Lipinski definition) is 2. The van der Waals surface area contributed by atoms with Crippen LogP contribution in [0.15, 0.2) is 48.5 Å². The quantitative estimate of drug-likeness (QED) is 0.662. The summed E-state index contributed by atoms with van der Waals surface area (Å²) in [5.74, 6) is 1.24. The highest BCUT2D eigenvalue weighted by molar-refractivity contribution is 5.77. The summed E-state index contributed by atoms with van der Waals surface area (Å²) in [6.07, 6.45) is 1.96. The number of fused-ring (bicyclic) bond motifs is 1. The lowest BCUT2D eigenvalue weighted by Gasteiger charge is -2.16. The molecule has 1 aliphatic rings. The standard InChI is InChI=1S/C22H25N3O3/c26-13-17-7-5-16(6-8-17)11-18-9-10-25(12-18)22(27)15-28-14-21-23-19-3-1-2-4-20(19)24-21/h1-8,18,26H,9-15H2,(H,23,24). The second-order valence-corrected chi connectivity index (χ2v) is 7.37. The van der Waals surface area contributed by atoms with Gasteiger partial charge in [-0.15, -0.1) is 0 Å².